The lowest BCUT2D eigenvalue weighted by Crippen LogP contribution is -2.42. The van der Waals surface area contributed by atoms with E-state index in [4.69, 9.17) is 4.74 Å². The first kappa shape index (κ1) is 20.3. The Balaban J connectivity index is 0.00000264. The summed E-state index contributed by atoms with van der Waals surface area (Å²) in [5, 5.41) is 6.46. The van der Waals surface area contributed by atoms with Gasteiger partial charge in [0.25, 0.3) is 0 Å². The zero-order valence-corrected chi connectivity index (χ0v) is 16.2. The Morgan fingerprint density at radius 1 is 1.39 bits per heavy atom. The first-order valence-electron chi connectivity index (χ1n) is 7.82. The van der Waals surface area contributed by atoms with Crippen LogP contribution in [0, 0.1) is 5.41 Å². The van der Waals surface area contributed by atoms with Crippen molar-refractivity contribution in [2.45, 2.75) is 32.6 Å². The second kappa shape index (κ2) is 9.50. The van der Waals surface area contributed by atoms with Gasteiger partial charge < -0.3 is 15.4 Å². The van der Waals surface area contributed by atoms with Gasteiger partial charge in [0.05, 0.1) is 11.6 Å². The number of rotatable bonds is 6. The standard InChI is InChI=1S/C17H25BrN2O2.ClH/c1-17(7-9-19-10-8-17)12-20-16(21)6-4-13-3-5-15(22-2)14(18)11-13;/h3,5,11,19H,4,6-10,12H2,1-2H3,(H,20,21);1H. The van der Waals surface area contributed by atoms with Crippen molar-refractivity contribution < 1.29 is 9.53 Å². The highest BCUT2D eigenvalue weighted by Crippen LogP contribution is 2.27. The van der Waals surface area contributed by atoms with Crippen LogP contribution < -0.4 is 15.4 Å². The van der Waals surface area contributed by atoms with Gasteiger partial charge in [-0.15, -0.1) is 12.4 Å². The Labute approximate surface area is 153 Å². The number of nitrogens with one attached hydrogen (secondary N) is 2. The van der Waals surface area contributed by atoms with E-state index >= 15 is 0 Å². The number of amides is 1. The van der Waals surface area contributed by atoms with Crippen molar-refractivity contribution in [3.8, 4) is 5.75 Å². The van der Waals surface area contributed by atoms with E-state index in [1.165, 1.54) is 0 Å². The summed E-state index contributed by atoms with van der Waals surface area (Å²) in [7, 11) is 1.65. The maximum atomic E-state index is 12.0. The summed E-state index contributed by atoms with van der Waals surface area (Å²) in [5.41, 5.74) is 1.38. The van der Waals surface area contributed by atoms with Gasteiger partial charge in [-0.1, -0.05) is 13.0 Å². The molecule has 0 radical (unpaired) electrons. The normalized spacial score (nSPS) is 16.3. The van der Waals surface area contributed by atoms with E-state index < -0.39 is 0 Å². The summed E-state index contributed by atoms with van der Waals surface area (Å²) in [6.07, 6.45) is 3.51. The van der Waals surface area contributed by atoms with E-state index in [1.807, 2.05) is 18.2 Å². The third-order valence-electron chi connectivity index (χ3n) is 4.38. The number of ether oxygens (including phenoxy) is 1. The molecule has 6 heteroatoms. The molecule has 1 aliphatic heterocycles. The summed E-state index contributed by atoms with van der Waals surface area (Å²) in [6, 6.07) is 5.94. The highest BCUT2D eigenvalue weighted by Gasteiger charge is 2.26. The number of hydrogen-bond acceptors (Lipinski definition) is 3. The second-order valence-corrected chi connectivity index (χ2v) is 7.16. The Hall–Kier alpha value is -0.780. The van der Waals surface area contributed by atoms with Crippen molar-refractivity contribution in [1.82, 2.24) is 10.6 Å². The van der Waals surface area contributed by atoms with Gasteiger partial charge in [0, 0.05) is 13.0 Å². The average molecular weight is 406 g/mol. The zero-order chi connectivity index (χ0) is 16.0. The van der Waals surface area contributed by atoms with Crippen molar-refractivity contribution in [2.75, 3.05) is 26.7 Å². The molecule has 2 rings (SSSR count). The van der Waals surface area contributed by atoms with Gasteiger partial charge in [-0.05, 0) is 71.4 Å². The van der Waals surface area contributed by atoms with Crippen LogP contribution in [-0.2, 0) is 11.2 Å². The molecule has 4 nitrogen and oxygen atoms in total. The Morgan fingerprint density at radius 3 is 2.70 bits per heavy atom. The predicted molar refractivity (Wildman–Crippen MR) is 99.5 cm³/mol. The number of benzene rings is 1. The van der Waals surface area contributed by atoms with Crippen LogP contribution >= 0.6 is 28.3 Å². The minimum atomic E-state index is 0. The van der Waals surface area contributed by atoms with E-state index in [0.717, 1.165) is 54.7 Å². The van der Waals surface area contributed by atoms with Crippen LogP contribution in [0.4, 0.5) is 0 Å². The molecule has 1 saturated heterocycles. The fourth-order valence-electron chi connectivity index (χ4n) is 2.73. The Bertz CT molecular complexity index is 519. The van der Waals surface area contributed by atoms with Crippen LogP contribution in [0.3, 0.4) is 0 Å². The molecule has 1 aliphatic rings. The summed E-state index contributed by atoms with van der Waals surface area (Å²) in [4.78, 5) is 12.0. The summed E-state index contributed by atoms with van der Waals surface area (Å²) in [6.45, 7) is 5.13. The molecule has 0 bridgehead atoms. The minimum absolute atomic E-state index is 0. The maximum absolute atomic E-state index is 12.0. The van der Waals surface area contributed by atoms with E-state index in [9.17, 15) is 4.79 Å². The zero-order valence-electron chi connectivity index (χ0n) is 13.8. The van der Waals surface area contributed by atoms with Crippen LogP contribution in [0.5, 0.6) is 5.75 Å². The number of halogens is 2. The van der Waals surface area contributed by atoms with Gasteiger partial charge in [0.1, 0.15) is 5.75 Å². The van der Waals surface area contributed by atoms with Gasteiger partial charge in [0.2, 0.25) is 5.91 Å². The van der Waals surface area contributed by atoms with Crippen molar-refractivity contribution in [1.29, 1.82) is 0 Å². The monoisotopic (exact) mass is 404 g/mol. The third-order valence-corrected chi connectivity index (χ3v) is 5.00. The molecule has 2 N–H and O–H groups in total. The molecule has 0 aromatic heterocycles. The first-order chi connectivity index (χ1) is 10.5. The molecule has 0 spiro atoms. The number of piperidine rings is 1. The summed E-state index contributed by atoms with van der Waals surface area (Å²) in [5.74, 6) is 0.943. The molecule has 23 heavy (non-hydrogen) atoms. The molecule has 1 fully saturated rings. The fourth-order valence-corrected chi connectivity index (χ4v) is 3.32. The topological polar surface area (TPSA) is 50.4 Å². The largest absolute Gasteiger partial charge is 0.496 e. The lowest BCUT2D eigenvalue weighted by molar-refractivity contribution is -0.121. The molecule has 1 heterocycles. The number of aryl methyl sites for hydroxylation is 1. The highest BCUT2D eigenvalue weighted by atomic mass is 79.9. The lowest BCUT2D eigenvalue weighted by Gasteiger charge is -2.34. The molecular weight excluding hydrogens is 380 g/mol. The number of methoxy groups -OCH3 is 1. The molecular formula is C17H26BrClN2O2. The quantitative estimate of drug-likeness (QED) is 0.763. The molecule has 0 unspecified atom stereocenters. The van der Waals surface area contributed by atoms with Crippen molar-refractivity contribution in [3.63, 3.8) is 0 Å². The van der Waals surface area contributed by atoms with Gasteiger partial charge in [-0.2, -0.15) is 0 Å². The maximum Gasteiger partial charge on any atom is 0.220 e. The first-order valence-corrected chi connectivity index (χ1v) is 8.61. The van der Waals surface area contributed by atoms with Crippen LogP contribution in [-0.4, -0.2) is 32.7 Å². The summed E-state index contributed by atoms with van der Waals surface area (Å²) < 4.78 is 6.14. The highest BCUT2D eigenvalue weighted by molar-refractivity contribution is 9.10. The van der Waals surface area contributed by atoms with E-state index in [1.54, 1.807) is 7.11 Å². The van der Waals surface area contributed by atoms with Crippen molar-refractivity contribution in [3.05, 3.63) is 28.2 Å². The minimum Gasteiger partial charge on any atom is -0.496 e. The SMILES string of the molecule is COc1ccc(CCC(=O)NCC2(C)CCNCC2)cc1Br.Cl. The molecule has 0 aliphatic carbocycles. The molecule has 0 saturated carbocycles. The van der Waals surface area contributed by atoms with Crippen molar-refractivity contribution >= 4 is 34.2 Å². The van der Waals surface area contributed by atoms with Crippen molar-refractivity contribution in [2.24, 2.45) is 5.41 Å². The molecule has 1 aromatic carbocycles. The number of carbonyl (C=O) groups excluding carboxylic acids is 1. The second-order valence-electron chi connectivity index (χ2n) is 6.31. The molecule has 1 amide bonds. The molecule has 1 aromatic rings. The van der Waals surface area contributed by atoms with Gasteiger partial charge in [-0.25, -0.2) is 0 Å². The molecule has 0 atom stereocenters. The third kappa shape index (κ3) is 6.32. The van der Waals surface area contributed by atoms with E-state index in [0.29, 0.717) is 6.42 Å². The van der Waals surface area contributed by atoms with Crippen LogP contribution in [0.1, 0.15) is 31.7 Å². The van der Waals surface area contributed by atoms with E-state index in [2.05, 4.69) is 33.5 Å². The average Bonchev–Trinajstić information content (AvgIpc) is 2.52. The van der Waals surface area contributed by atoms with E-state index in [-0.39, 0.29) is 23.7 Å². The predicted octanol–water partition coefficient (Wildman–Crippen LogP) is 3.32. The van der Waals surface area contributed by atoms with Gasteiger partial charge >= 0.3 is 0 Å². The fraction of sp³-hybridized carbons (Fsp3) is 0.588. The lowest BCUT2D eigenvalue weighted by atomic mass is 9.81. The smallest absolute Gasteiger partial charge is 0.220 e. The van der Waals surface area contributed by atoms with Crippen LogP contribution in [0.2, 0.25) is 0 Å². The molecule has 130 valence electrons. The Morgan fingerprint density at radius 2 is 2.09 bits per heavy atom. The van der Waals surface area contributed by atoms with Crippen LogP contribution in [0.15, 0.2) is 22.7 Å². The number of carbonyl (C=O) groups is 1. The van der Waals surface area contributed by atoms with Crippen LogP contribution in [0.25, 0.3) is 0 Å². The Kier molecular flexibility index (Phi) is 8.37. The number of hydrogen-bond donors (Lipinski definition) is 2. The summed E-state index contributed by atoms with van der Waals surface area (Å²) >= 11 is 3.47. The van der Waals surface area contributed by atoms with Gasteiger partial charge in [-0.3, -0.25) is 4.79 Å². The van der Waals surface area contributed by atoms with Gasteiger partial charge in [0.15, 0.2) is 0 Å².